The van der Waals surface area contributed by atoms with Crippen molar-refractivity contribution in [1.29, 1.82) is 0 Å². The molecule has 8 heteroatoms. The fraction of sp³-hybridized carbons (Fsp3) is 0.286. The van der Waals surface area contributed by atoms with E-state index in [2.05, 4.69) is 4.90 Å². The number of rotatable bonds is 4. The molecular weight excluding hydrogens is 388 g/mol. The summed E-state index contributed by atoms with van der Waals surface area (Å²) < 4.78 is 2.05. The summed E-state index contributed by atoms with van der Waals surface area (Å²) in [5.41, 5.74) is 3.87. The van der Waals surface area contributed by atoms with E-state index in [0.717, 1.165) is 27.6 Å². The number of nitro groups is 1. The van der Waals surface area contributed by atoms with E-state index in [9.17, 15) is 14.9 Å². The maximum absolute atomic E-state index is 12.6. The predicted molar refractivity (Wildman–Crippen MR) is 114 cm³/mol. The van der Waals surface area contributed by atoms with Crippen LogP contribution in [0.5, 0.6) is 0 Å². The van der Waals surface area contributed by atoms with Crippen molar-refractivity contribution in [3.63, 3.8) is 0 Å². The van der Waals surface area contributed by atoms with Gasteiger partial charge in [0.2, 0.25) is 0 Å². The summed E-state index contributed by atoms with van der Waals surface area (Å²) >= 11 is 1.46. The third-order valence-corrected chi connectivity index (χ3v) is 6.18. The standard InChI is InChI=1S/C21H22N4O3S/c1-15-5-6-16(2)24(15)19-14-17(25(27)28)7-8-18(19)22-9-11-23(12-10-22)21(26)20-4-3-13-29-20/h3-8,13-14H,9-12H2,1-2H3. The molecule has 1 aliphatic heterocycles. The largest absolute Gasteiger partial charge is 0.366 e. The number of hydrogen-bond donors (Lipinski definition) is 0. The number of piperazine rings is 1. The van der Waals surface area contributed by atoms with Crippen molar-refractivity contribution < 1.29 is 9.72 Å². The van der Waals surface area contributed by atoms with E-state index in [0.29, 0.717) is 26.2 Å². The van der Waals surface area contributed by atoms with Crippen LogP contribution in [0.25, 0.3) is 5.69 Å². The molecule has 0 radical (unpaired) electrons. The molecule has 3 aromatic rings. The van der Waals surface area contributed by atoms with E-state index < -0.39 is 0 Å². The Hall–Kier alpha value is -3.13. The Balaban J connectivity index is 1.62. The highest BCUT2D eigenvalue weighted by Gasteiger charge is 2.25. The minimum absolute atomic E-state index is 0.0701. The van der Waals surface area contributed by atoms with Gasteiger partial charge in [0, 0.05) is 49.7 Å². The van der Waals surface area contributed by atoms with Crippen LogP contribution in [0.2, 0.25) is 0 Å². The minimum Gasteiger partial charge on any atom is -0.366 e. The number of amides is 1. The summed E-state index contributed by atoms with van der Waals surface area (Å²) in [5, 5.41) is 13.3. The van der Waals surface area contributed by atoms with E-state index in [-0.39, 0.29) is 16.5 Å². The number of carbonyl (C=O) groups is 1. The number of benzene rings is 1. The molecule has 1 saturated heterocycles. The molecule has 0 saturated carbocycles. The van der Waals surface area contributed by atoms with Gasteiger partial charge < -0.3 is 14.4 Å². The molecular formula is C21H22N4O3S. The average Bonchev–Trinajstić information content (AvgIpc) is 3.37. The second-order valence-corrected chi connectivity index (χ2v) is 8.09. The monoisotopic (exact) mass is 410 g/mol. The zero-order valence-electron chi connectivity index (χ0n) is 16.4. The molecule has 2 aromatic heterocycles. The van der Waals surface area contributed by atoms with Crippen molar-refractivity contribution in [3.05, 3.63) is 74.2 Å². The van der Waals surface area contributed by atoms with Crippen LogP contribution in [0, 0.1) is 24.0 Å². The maximum Gasteiger partial charge on any atom is 0.271 e. The lowest BCUT2D eigenvalue weighted by molar-refractivity contribution is -0.384. The molecule has 4 rings (SSSR count). The number of aryl methyl sites for hydroxylation is 2. The molecule has 1 aliphatic rings. The van der Waals surface area contributed by atoms with Crippen molar-refractivity contribution in [2.24, 2.45) is 0 Å². The van der Waals surface area contributed by atoms with E-state index >= 15 is 0 Å². The topological polar surface area (TPSA) is 71.6 Å². The van der Waals surface area contributed by atoms with E-state index in [4.69, 9.17) is 0 Å². The average molecular weight is 410 g/mol. The summed E-state index contributed by atoms with van der Waals surface area (Å²) in [7, 11) is 0. The first kappa shape index (κ1) is 19.2. The zero-order valence-corrected chi connectivity index (χ0v) is 17.2. The molecule has 1 fully saturated rings. The number of nitrogens with zero attached hydrogens (tertiary/aromatic N) is 4. The fourth-order valence-corrected chi connectivity index (χ4v) is 4.52. The summed E-state index contributed by atoms with van der Waals surface area (Å²) in [5.74, 6) is 0.0701. The molecule has 7 nitrogen and oxygen atoms in total. The number of carbonyl (C=O) groups excluding carboxylic acids is 1. The van der Waals surface area contributed by atoms with Crippen LogP contribution in [0.15, 0.2) is 47.8 Å². The van der Waals surface area contributed by atoms with Crippen molar-refractivity contribution >= 4 is 28.6 Å². The first-order chi connectivity index (χ1) is 14.0. The smallest absolute Gasteiger partial charge is 0.271 e. The lowest BCUT2D eigenvalue weighted by Gasteiger charge is -2.37. The van der Waals surface area contributed by atoms with Crippen LogP contribution in [-0.2, 0) is 0 Å². The zero-order chi connectivity index (χ0) is 20.5. The van der Waals surface area contributed by atoms with Crippen LogP contribution in [0.3, 0.4) is 0 Å². The molecule has 0 unspecified atom stereocenters. The molecule has 29 heavy (non-hydrogen) atoms. The van der Waals surface area contributed by atoms with Gasteiger partial charge in [-0.1, -0.05) is 6.07 Å². The number of nitro benzene ring substituents is 1. The number of aromatic nitrogens is 1. The number of anilines is 1. The first-order valence-electron chi connectivity index (χ1n) is 9.47. The van der Waals surface area contributed by atoms with Gasteiger partial charge in [0.25, 0.3) is 11.6 Å². The van der Waals surface area contributed by atoms with Crippen molar-refractivity contribution in [2.75, 3.05) is 31.1 Å². The summed E-state index contributed by atoms with van der Waals surface area (Å²) in [6.07, 6.45) is 0. The van der Waals surface area contributed by atoms with Crippen molar-refractivity contribution in [2.45, 2.75) is 13.8 Å². The van der Waals surface area contributed by atoms with Gasteiger partial charge in [0.1, 0.15) is 0 Å². The molecule has 0 aliphatic carbocycles. The Morgan fingerprint density at radius 3 is 2.28 bits per heavy atom. The van der Waals surface area contributed by atoms with Gasteiger partial charge in [-0.15, -0.1) is 11.3 Å². The molecule has 3 heterocycles. The second kappa shape index (κ2) is 7.71. The van der Waals surface area contributed by atoms with Gasteiger partial charge in [0.05, 0.1) is 21.2 Å². The highest BCUT2D eigenvalue weighted by Crippen LogP contribution is 2.32. The van der Waals surface area contributed by atoms with Gasteiger partial charge in [-0.05, 0) is 43.5 Å². The lowest BCUT2D eigenvalue weighted by atomic mass is 10.1. The Labute approximate surface area is 172 Å². The SMILES string of the molecule is Cc1ccc(C)n1-c1cc([N+](=O)[O-])ccc1N1CCN(C(=O)c2cccs2)CC1. The maximum atomic E-state index is 12.6. The Bertz CT molecular complexity index is 1030. The molecule has 1 aromatic carbocycles. The van der Waals surface area contributed by atoms with Gasteiger partial charge in [-0.2, -0.15) is 0 Å². The molecule has 1 amide bonds. The van der Waals surface area contributed by atoms with Crippen molar-refractivity contribution in [1.82, 2.24) is 9.47 Å². The Morgan fingerprint density at radius 1 is 1.00 bits per heavy atom. The third-order valence-electron chi connectivity index (χ3n) is 5.32. The number of non-ortho nitro benzene ring substituents is 1. The summed E-state index contributed by atoms with van der Waals surface area (Å²) in [6.45, 7) is 6.59. The Morgan fingerprint density at radius 2 is 1.69 bits per heavy atom. The van der Waals surface area contributed by atoms with Crippen LogP contribution in [-0.4, -0.2) is 46.5 Å². The van der Waals surface area contributed by atoms with Gasteiger partial charge in [-0.25, -0.2) is 0 Å². The quantitative estimate of drug-likeness (QED) is 0.481. The first-order valence-corrected chi connectivity index (χ1v) is 10.3. The van der Waals surface area contributed by atoms with Crippen molar-refractivity contribution in [3.8, 4) is 5.69 Å². The normalized spacial score (nSPS) is 14.3. The van der Waals surface area contributed by atoms with Crippen LogP contribution in [0.1, 0.15) is 21.1 Å². The molecule has 0 spiro atoms. The molecule has 150 valence electrons. The third kappa shape index (κ3) is 3.63. The van der Waals surface area contributed by atoms with Gasteiger partial charge in [0.15, 0.2) is 0 Å². The van der Waals surface area contributed by atoms with Crippen LogP contribution in [0.4, 0.5) is 11.4 Å². The minimum atomic E-state index is -0.362. The molecule has 0 bridgehead atoms. The van der Waals surface area contributed by atoms with Gasteiger partial charge >= 0.3 is 0 Å². The van der Waals surface area contributed by atoms with Gasteiger partial charge in [-0.3, -0.25) is 14.9 Å². The molecule has 0 atom stereocenters. The van der Waals surface area contributed by atoms with E-state index in [1.807, 2.05) is 59.0 Å². The Kier molecular flexibility index (Phi) is 5.10. The second-order valence-electron chi connectivity index (χ2n) is 7.14. The van der Waals surface area contributed by atoms with Crippen LogP contribution < -0.4 is 4.90 Å². The fourth-order valence-electron chi connectivity index (χ4n) is 3.83. The summed E-state index contributed by atoms with van der Waals surface area (Å²) in [4.78, 5) is 28.4. The number of hydrogen-bond acceptors (Lipinski definition) is 5. The molecule has 0 N–H and O–H groups in total. The lowest BCUT2D eigenvalue weighted by Crippen LogP contribution is -2.48. The number of thiophene rings is 1. The highest BCUT2D eigenvalue weighted by molar-refractivity contribution is 7.12. The van der Waals surface area contributed by atoms with Crippen LogP contribution >= 0.6 is 11.3 Å². The predicted octanol–water partition coefficient (Wildman–Crippen LogP) is 4.03. The highest BCUT2D eigenvalue weighted by atomic mass is 32.1. The van der Waals surface area contributed by atoms with E-state index in [1.165, 1.54) is 11.3 Å². The summed E-state index contributed by atoms with van der Waals surface area (Å²) in [6, 6.07) is 12.8. The van der Waals surface area contributed by atoms with E-state index in [1.54, 1.807) is 12.1 Å².